The lowest BCUT2D eigenvalue weighted by Crippen LogP contribution is -2.33. The molecule has 0 fully saturated rings. The summed E-state index contributed by atoms with van der Waals surface area (Å²) in [6, 6.07) is 15.1. The van der Waals surface area contributed by atoms with E-state index in [1.165, 1.54) is 24.3 Å². The molecule has 0 heterocycles. The van der Waals surface area contributed by atoms with E-state index in [-0.39, 0.29) is 22.8 Å². The largest absolute Gasteiger partial charge is 0.396 e. The second-order valence-corrected chi connectivity index (χ2v) is 10.2. The van der Waals surface area contributed by atoms with E-state index in [2.05, 4.69) is 0 Å². The van der Waals surface area contributed by atoms with Crippen LogP contribution in [0, 0.1) is 5.92 Å². The summed E-state index contributed by atoms with van der Waals surface area (Å²) in [5, 5.41) is 9.27. The van der Waals surface area contributed by atoms with Crippen LogP contribution in [0.15, 0.2) is 70.5 Å². The van der Waals surface area contributed by atoms with Crippen LogP contribution in [0.25, 0.3) is 0 Å². The molecule has 5 nitrogen and oxygen atoms in total. The summed E-state index contributed by atoms with van der Waals surface area (Å²) in [5.74, 6) is -0.466. The number of sulfone groups is 2. The number of aliphatic hydroxyl groups is 1. The minimum Gasteiger partial charge on any atom is -0.396 e. The molecule has 2 aromatic carbocycles. The third-order valence-electron chi connectivity index (χ3n) is 3.74. The van der Waals surface area contributed by atoms with Gasteiger partial charge in [0.05, 0.1) is 9.79 Å². The van der Waals surface area contributed by atoms with Crippen LogP contribution in [-0.2, 0) is 19.7 Å². The third-order valence-corrected chi connectivity index (χ3v) is 8.89. The van der Waals surface area contributed by atoms with Gasteiger partial charge < -0.3 is 5.11 Å². The summed E-state index contributed by atoms with van der Waals surface area (Å²) in [6.45, 7) is 1.33. The molecule has 0 radical (unpaired) electrons. The fourth-order valence-electron chi connectivity index (χ4n) is 2.35. The van der Waals surface area contributed by atoms with Crippen LogP contribution in [0.3, 0.4) is 0 Å². The summed E-state index contributed by atoms with van der Waals surface area (Å²) < 4.78 is 50.1. The smallest absolute Gasteiger partial charge is 0.195 e. The van der Waals surface area contributed by atoms with Crippen molar-refractivity contribution in [3.8, 4) is 0 Å². The summed E-state index contributed by atoms with van der Waals surface area (Å²) in [6.07, 6.45) is -0.176. The molecule has 0 bridgehead atoms. The minimum absolute atomic E-state index is 0.0420. The van der Waals surface area contributed by atoms with Crippen molar-refractivity contribution in [2.45, 2.75) is 27.7 Å². The van der Waals surface area contributed by atoms with Gasteiger partial charge in [-0.1, -0.05) is 43.3 Å². The molecule has 0 saturated carbocycles. The molecule has 24 heavy (non-hydrogen) atoms. The van der Waals surface area contributed by atoms with Gasteiger partial charge >= 0.3 is 0 Å². The highest BCUT2D eigenvalue weighted by molar-refractivity contribution is 8.09. The van der Waals surface area contributed by atoms with Crippen molar-refractivity contribution >= 4 is 19.7 Å². The summed E-state index contributed by atoms with van der Waals surface area (Å²) in [4.78, 5) is -0.0840. The Morgan fingerprint density at radius 3 is 1.50 bits per heavy atom. The first-order valence-electron chi connectivity index (χ1n) is 7.49. The van der Waals surface area contributed by atoms with Gasteiger partial charge in [-0.3, -0.25) is 0 Å². The van der Waals surface area contributed by atoms with Gasteiger partial charge in [-0.15, -0.1) is 0 Å². The Labute approximate surface area is 142 Å². The van der Waals surface area contributed by atoms with Crippen molar-refractivity contribution in [2.75, 3.05) is 6.61 Å². The van der Waals surface area contributed by atoms with E-state index in [0.29, 0.717) is 0 Å². The standard InChI is InChI=1S/C17H20O5S2/c1-14(13-18)12-17(23(19,20)15-8-4-2-5-9-15)24(21,22)16-10-6-3-7-11-16/h2-11,14,17-18H,12-13H2,1H3/t14-/m0/s1. The number of hydrogen-bond acceptors (Lipinski definition) is 5. The molecule has 1 N–H and O–H groups in total. The van der Waals surface area contributed by atoms with Crippen LogP contribution in [0.1, 0.15) is 13.3 Å². The lowest BCUT2D eigenvalue weighted by molar-refractivity contribution is 0.232. The fraction of sp³-hybridized carbons (Fsp3) is 0.294. The summed E-state index contributed by atoms with van der Waals surface area (Å²) in [5.41, 5.74) is 0. The topological polar surface area (TPSA) is 88.5 Å². The van der Waals surface area contributed by atoms with Crippen molar-refractivity contribution in [2.24, 2.45) is 5.92 Å². The van der Waals surface area contributed by atoms with E-state index in [9.17, 15) is 21.9 Å². The Morgan fingerprint density at radius 1 is 0.792 bits per heavy atom. The number of rotatable bonds is 7. The molecule has 0 aliphatic rings. The molecule has 130 valence electrons. The molecule has 0 aliphatic heterocycles. The zero-order chi connectivity index (χ0) is 17.8. The Hall–Kier alpha value is -1.70. The number of aliphatic hydroxyl groups excluding tert-OH is 1. The quantitative estimate of drug-likeness (QED) is 0.810. The lowest BCUT2D eigenvalue weighted by Gasteiger charge is -2.21. The number of hydrogen-bond donors (Lipinski definition) is 1. The first-order chi connectivity index (χ1) is 11.3. The monoisotopic (exact) mass is 368 g/mol. The van der Waals surface area contributed by atoms with E-state index >= 15 is 0 Å². The van der Waals surface area contributed by atoms with Gasteiger partial charge in [0.15, 0.2) is 24.3 Å². The number of benzene rings is 2. The maximum Gasteiger partial charge on any atom is 0.195 e. The summed E-state index contributed by atoms with van der Waals surface area (Å²) in [7, 11) is -8.22. The Balaban J connectivity index is 2.58. The maximum atomic E-state index is 12.9. The Bertz CT molecular complexity index is 790. The minimum atomic E-state index is -4.11. The van der Waals surface area contributed by atoms with Crippen molar-refractivity contribution in [3.05, 3.63) is 60.7 Å². The van der Waals surface area contributed by atoms with Gasteiger partial charge in [-0.25, -0.2) is 16.8 Å². The summed E-state index contributed by atoms with van der Waals surface area (Å²) >= 11 is 0. The molecular weight excluding hydrogens is 348 g/mol. The molecule has 0 amide bonds. The van der Waals surface area contributed by atoms with Crippen molar-refractivity contribution in [1.29, 1.82) is 0 Å². The second-order valence-electron chi connectivity index (χ2n) is 5.67. The highest BCUT2D eigenvalue weighted by atomic mass is 32.3. The van der Waals surface area contributed by atoms with E-state index in [0.717, 1.165) is 0 Å². The first-order valence-corrected chi connectivity index (χ1v) is 10.6. The van der Waals surface area contributed by atoms with E-state index in [1.807, 2.05) is 0 Å². The average molecular weight is 368 g/mol. The van der Waals surface area contributed by atoms with Gasteiger partial charge in [0.1, 0.15) is 0 Å². The van der Waals surface area contributed by atoms with Crippen LogP contribution < -0.4 is 0 Å². The highest BCUT2D eigenvalue weighted by Gasteiger charge is 2.40. The molecule has 0 aliphatic carbocycles. The zero-order valence-corrected chi connectivity index (χ0v) is 14.9. The van der Waals surface area contributed by atoms with Gasteiger partial charge in [-0.2, -0.15) is 0 Å². The van der Waals surface area contributed by atoms with Crippen LogP contribution in [0.5, 0.6) is 0 Å². The van der Waals surface area contributed by atoms with Crippen LogP contribution in [0.2, 0.25) is 0 Å². The first kappa shape index (κ1) is 18.6. The van der Waals surface area contributed by atoms with Gasteiger partial charge in [0.25, 0.3) is 0 Å². The second kappa shape index (κ2) is 7.46. The molecule has 0 unspecified atom stereocenters. The zero-order valence-electron chi connectivity index (χ0n) is 13.2. The molecule has 1 atom stereocenters. The lowest BCUT2D eigenvalue weighted by atomic mass is 10.1. The average Bonchev–Trinajstić information content (AvgIpc) is 2.60. The van der Waals surface area contributed by atoms with Crippen LogP contribution in [0.4, 0.5) is 0 Å². The SMILES string of the molecule is C[C@H](CO)CC(S(=O)(=O)c1ccccc1)S(=O)(=O)c1ccccc1. The van der Waals surface area contributed by atoms with E-state index in [1.54, 1.807) is 43.3 Å². The van der Waals surface area contributed by atoms with Crippen molar-refractivity contribution in [1.82, 2.24) is 0 Å². The van der Waals surface area contributed by atoms with E-state index < -0.39 is 30.2 Å². The highest BCUT2D eigenvalue weighted by Crippen LogP contribution is 2.29. The molecular formula is C17H20O5S2. The fourth-order valence-corrected chi connectivity index (χ4v) is 7.19. The van der Waals surface area contributed by atoms with Crippen molar-refractivity contribution in [3.63, 3.8) is 0 Å². The maximum absolute atomic E-state index is 12.9. The molecule has 2 rings (SSSR count). The predicted octanol–water partition coefficient (Wildman–Crippen LogP) is 2.28. The normalized spacial score (nSPS) is 13.8. The van der Waals surface area contributed by atoms with Crippen LogP contribution in [-0.4, -0.2) is 33.1 Å². The predicted molar refractivity (Wildman–Crippen MR) is 91.9 cm³/mol. The Morgan fingerprint density at radius 2 is 1.17 bits per heavy atom. The molecule has 0 spiro atoms. The molecule has 0 saturated heterocycles. The van der Waals surface area contributed by atoms with E-state index in [4.69, 9.17) is 0 Å². The van der Waals surface area contributed by atoms with Crippen LogP contribution >= 0.6 is 0 Å². The molecule has 2 aromatic rings. The van der Waals surface area contributed by atoms with Gasteiger partial charge in [0, 0.05) is 6.61 Å². The van der Waals surface area contributed by atoms with Gasteiger partial charge in [0.2, 0.25) is 0 Å². The molecule has 0 aromatic heterocycles. The van der Waals surface area contributed by atoms with Gasteiger partial charge in [-0.05, 0) is 36.6 Å². The van der Waals surface area contributed by atoms with Crippen molar-refractivity contribution < 1.29 is 21.9 Å². The Kier molecular flexibility index (Phi) is 5.79. The third kappa shape index (κ3) is 3.85. The molecule has 7 heteroatoms.